The molecule has 4 rings (SSSR count). The van der Waals surface area contributed by atoms with E-state index in [1.807, 2.05) is 30.3 Å². The average Bonchev–Trinajstić information content (AvgIpc) is 3.37. The van der Waals surface area contributed by atoms with Gasteiger partial charge in [0.25, 0.3) is 0 Å². The van der Waals surface area contributed by atoms with Crippen molar-refractivity contribution in [1.29, 1.82) is 0 Å². The van der Waals surface area contributed by atoms with Gasteiger partial charge in [0.05, 0.1) is 12.9 Å². The summed E-state index contributed by atoms with van der Waals surface area (Å²) in [5.74, 6) is -1.58. The number of nitrogens with one attached hydrogen (secondary N) is 1. The van der Waals surface area contributed by atoms with Crippen LogP contribution in [0, 0.1) is 12.3 Å². The maximum atomic E-state index is 16.1. The van der Waals surface area contributed by atoms with Crippen LogP contribution in [0.15, 0.2) is 36.7 Å². The summed E-state index contributed by atoms with van der Waals surface area (Å²) in [6.45, 7) is -1.14. The molecule has 192 valence electrons. The van der Waals surface area contributed by atoms with Gasteiger partial charge in [0.2, 0.25) is 11.6 Å². The molecule has 0 amide bonds. The van der Waals surface area contributed by atoms with Gasteiger partial charge in [-0.25, -0.2) is 19.3 Å². The maximum absolute atomic E-state index is 16.1. The zero-order chi connectivity index (χ0) is 26.1. The number of aliphatic hydroxyl groups excluding tert-OH is 1. The predicted octanol–water partition coefficient (Wildman–Crippen LogP) is 1.14. The number of hydrogen-bond acceptors (Lipinski definition) is 9. The van der Waals surface area contributed by atoms with E-state index < -0.39 is 52.3 Å². The van der Waals surface area contributed by atoms with Gasteiger partial charge in [-0.2, -0.15) is 0 Å². The standard InChI is InChI=1S/C20H22FN5O8P2/c1-2-15-24-18(22-8-13-6-4-3-5-7-13)16-19(25-15)26(11-23-16)20(21)10-33-14(17(20)27)9-34-36(31,32)12-35(28,29)30/h1,3-7,11,14,17,27H,8-10,12H2,(H,31,32)(H,22,24,25)(H2,28,29,30)/t14-,17-,20-/m1/s1. The lowest BCUT2D eigenvalue weighted by Gasteiger charge is -2.25. The Hall–Kier alpha value is -2.72. The summed E-state index contributed by atoms with van der Waals surface area (Å²) in [6, 6.07) is 9.38. The van der Waals surface area contributed by atoms with Crippen LogP contribution in [0.4, 0.5) is 10.2 Å². The zero-order valence-corrected chi connectivity index (χ0v) is 20.3. The zero-order valence-electron chi connectivity index (χ0n) is 18.5. The van der Waals surface area contributed by atoms with Gasteiger partial charge >= 0.3 is 15.2 Å². The number of ether oxygens (including phenoxy) is 1. The third-order valence-electron chi connectivity index (χ3n) is 5.34. The van der Waals surface area contributed by atoms with E-state index in [4.69, 9.17) is 20.9 Å². The Kier molecular flexibility index (Phi) is 7.30. The lowest BCUT2D eigenvalue weighted by molar-refractivity contribution is -0.0448. The van der Waals surface area contributed by atoms with Gasteiger partial charge in [0, 0.05) is 6.54 Å². The van der Waals surface area contributed by atoms with Gasteiger partial charge in [0.1, 0.15) is 18.8 Å². The fraction of sp³-hybridized carbons (Fsp3) is 0.350. The van der Waals surface area contributed by atoms with Gasteiger partial charge in [0.15, 0.2) is 22.9 Å². The van der Waals surface area contributed by atoms with Crippen molar-refractivity contribution in [2.45, 2.75) is 24.5 Å². The minimum atomic E-state index is -4.86. The number of nitrogens with zero attached hydrogens (tertiary/aromatic N) is 4. The van der Waals surface area contributed by atoms with Crippen molar-refractivity contribution in [3.8, 4) is 12.3 Å². The maximum Gasteiger partial charge on any atom is 0.340 e. The van der Waals surface area contributed by atoms with Crippen LogP contribution >= 0.6 is 15.2 Å². The molecule has 16 heteroatoms. The van der Waals surface area contributed by atoms with E-state index in [9.17, 15) is 19.1 Å². The number of imidazole rings is 1. The highest BCUT2D eigenvalue weighted by Gasteiger charge is 2.53. The molecular weight excluding hydrogens is 519 g/mol. The van der Waals surface area contributed by atoms with E-state index in [1.165, 1.54) is 0 Å². The second-order valence-corrected chi connectivity index (χ2v) is 12.0. The van der Waals surface area contributed by atoms with Crippen LogP contribution in [-0.4, -0.2) is 70.6 Å². The summed E-state index contributed by atoms with van der Waals surface area (Å²) in [7, 11) is -9.59. The summed E-state index contributed by atoms with van der Waals surface area (Å²) in [5.41, 5.74) is 1.08. The van der Waals surface area contributed by atoms with Crippen molar-refractivity contribution in [1.82, 2.24) is 19.5 Å². The molecule has 0 radical (unpaired) electrons. The van der Waals surface area contributed by atoms with Crippen molar-refractivity contribution in [3.63, 3.8) is 0 Å². The first-order valence-corrected chi connectivity index (χ1v) is 14.0. The van der Waals surface area contributed by atoms with Crippen LogP contribution in [-0.2, 0) is 30.7 Å². The first kappa shape index (κ1) is 26.3. The number of terminal acetylenes is 1. The van der Waals surface area contributed by atoms with E-state index in [-0.39, 0.29) is 22.8 Å². The molecule has 0 spiro atoms. The van der Waals surface area contributed by atoms with Gasteiger partial charge in [-0.3, -0.25) is 13.7 Å². The molecule has 5 N–H and O–H groups in total. The minimum Gasteiger partial charge on any atom is -0.385 e. The Bertz CT molecular complexity index is 1390. The highest BCUT2D eigenvalue weighted by molar-refractivity contribution is 7.70. The van der Waals surface area contributed by atoms with Gasteiger partial charge < -0.3 is 34.4 Å². The van der Waals surface area contributed by atoms with Crippen molar-refractivity contribution in [3.05, 3.63) is 48.0 Å². The lowest BCUT2D eigenvalue weighted by Crippen LogP contribution is -2.43. The number of anilines is 1. The van der Waals surface area contributed by atoms with Crippen molar-refractivity contribution < 1.29 is 42.6 Å². The van der Waals surface area contributed by atoms with Gasteiger partial charge in [-0.05, 0) is 11.5 Å². The summed E-state index contributed by atoms with van der Waals surface area (Å²) in [5, 5.41) is 13.8. The Labute approximate surface area is 204 Å². The van der Waals surface area contributed by atoms with Crippen LogP contribution < -0.4 is 5.32 Å². The van der Waals surface area contributed by atoms with Crippen molar-refractivity contribution >= 4 is 32.2 Å². The monoisotopic (exact) mass is 541 g/mol. The Morgan fingerprint density at radius 3 is 2.67 bits per heavy atom. The molecule has 2 aromatic heterocycles. The number of halogens is 1. The Morgan fingerprint density at radius 2 is 2.00 bits per heavy atom. The molecule has 0 saturated carbocycles. The number of benzene rings is 1. The topological polar surface area (TPSA) is 189 Å². The molecule has 4 atom stereocenters. The lowest BCUT2D eigenvalue weighted by atomic mass is 10.1. The third-order valence-corrected chi connectivity index (χ3v) is 8.79. The molecule has 1 aromatic carbocycles. The number of aromatic nitrogens is 4. The Balaban J connectivity index is 1.58. The van der Waals surface area contributed by atoms with Gasteiger partial charge in [-0.1, -0.05) is 30.3 Å². The number of rotatable bonds is 9. The molecule has 1 fully saturated rings. The molecule has 3 heterocycles. The van der Waals surface area contributed by atoms with Crippen LogP contribution in [0.2, 0.25) is 0 Å². The number of hydrogen-bond donors (Lipinski definition) is 5. The second kappa shape index (κ2) is 9.97. The van der Waals surface area contributed by atoms with Gasteiger partial charge in [-0.15, -0.1) is 6.42 Å². The first-order chi connectivity index (χ1) is 16.9. The fourth-order valence-electron chi connectivity index (χ4n) is 3.64. The van der Waals surface area contributed by atoms with Crippen molar-refractivity contribution in [2.24, 2.45) is 0 Å². The molecule has 0 bridgehead atoms. The SMILES string of the molecule is C#Cc1nc(NCc2ccccc2)c2ncn([C@]3(F)CO[C@H](COP(=O)(O)CP(=O)(O)O)[C@H]3O)c2n1. The van der Waals surface area contributed by atoms with Crippen molar-refractivity contribution in [2.75, 3.05) is 24.4 Å². The molecule has 13 nitrogen and oxygen atoms in total. The van der Waals surface area contributed by atoms with E-state index in [0.29, 0.717) is 6.54 Å². The van der Waals surface area contributed by atoms with E-state index in [0.717, 1.165) is 16.5 Å². The third kappa shape index (κ3) is 5.64. The summed E-state index contributed by atoms with van der Waals surface area (Å²) < 4.78 is 49.8. The van der Waals surface area contributed by atoms with E-state index >= 15 is 4.39 Å². The highest BCUT2D eigenvalue weighted by atomic mass is 31.2. The largest absolute Gasteiger partial charge is 0.385 e. The Morgan fingerprint density at radius 1 is 1.28 bits per heavy atom. The average molecular weight is 541 g/mol. The minimum absolute atomic E-state index is 0.0328. The summed E-state index contributed by atoms with van der Waals surface area (Å²) >= 11 is 0. The molecule has 36 heavy (non-hydrogen) atoms. The molecule has 1 aliphatic rings. The van der Waals surface area contributed by atoms with E-state index in [2.05, 4.69) is 30.7 Å². The molecular formula is C20H22FN5O8P2. The van der Waals surface area contributed by atoms with E-state index in [1.54, 1.807) is 0 Å². The number of aliphatic hydroxyl groups is 1. The quantitative estimate of drug-likeness (QED) is 0.192. The smallest absolute Gasteiger partial charge is 0.340 e. The molecule has 3 aromatic rings. The number of fused-ring (bicyclic) bond motifs is 1. The van der Waals surface area contributed by atoms with Crippen LogP contribution in [0.5, 0.6) is 0 Å². The van der Waals surface area contributed by atoms with Crippen LogP contribution in [0.1, 0.15) is 11.4 Å². The normalized spacial score (nSPS) is 23.9. The molecule has 1 saturated heterocycles. The predicted molar refractivity (Wildman–Crippen MR) is 125 cm³/mol. The summed E-state index contributed by atoms with van der Waals surface area (Å²) in [6.07, 6.45) is 3.21. The number of alkyl halides is 1. The second-order valence-electron chi connectivity index (χ2n) is 8.02. The molecule has 0 aliphatic carbocycles. The van der Waals surface area contributed by atoms with Crippen LogP contribution in [0.25, 0.3) is 11.2 Å². The fourth-order valence-corrected chi connectivity index (χ4v) is 6.21. The van der Waals surface area contributed by atoms with Crippen LogP contribution in [0.3, 0.4) is 0 Å². The first-order valence-electron chi connectivity index (χ1n) is 10.4. The summed E-state index contributed by atoms with van der Waals surface area (Å²) in [4.78, 5) is 40.0. The highest BCUT2D eigenvalue weighted by Crippen LogP contribution is 2.55. The molecule has 1 unspecified atom stereocenters. The molecule has 1 aliphatic heterocycles.